The Bertz CT molecular complexity index is 2770. The first-order valence-electron chi connectivity index (χ1n) is 17.0. The molecule has 0 spiro atoms. The lowest BCUT2D eigenvalue weighted by Crippen LogP contribution is -2.17. The van der Waals surface area contributed by atoms with Crippen LogP contribution in [-0.2, 0) is 5.41 Å². The monoisotopic (exact) mass is 627 g/mol. The highest BCUT2D eigenvalue weighted by Gasteiger charge is 2.36. The van der Waals surface area contributed by atoms with E-state index in [1.54, 1.807) is 0 Å². The Morgan fingerprint density at radius 3 is 1.98 bits per heavy atom. The fourth-order valence-electron chi connectivity index (χ4n) is 8.20. The Hall–Kier alpha value is -6.12. The number of rotatable bonds is 4. The summed E-state index contributed by atoms with van der Waals surface area (Å²) in [5.74, 6) is 0. The van der Waals surface area contributed by atoms with Gasteiger partial charge in [0.1, 0.15) is 5.58 Å². The molecule has 1 heterocycles. The number of hydrogen-bond acceptors (Lipinski definition) is 2. The van der Waals surface area contributed by atoms with Gasteiger partial charge in [-0.1, -0.05) is 141 Å². The normalized spacial score (nSPS) is 13.3. The predicted molar refractivity (Wildman–Crippen MR) is 206 cm³/mol. The van der Waals surface area contributed by atoms with E-state index in [0.29, 0.717) is 0 Å². The summed E-state index contributed by atoms with van der Waals surface area (Å²) in [6, 6.07) is 59.4. The summed E-state index contributed by atoms with van der Waals surface area (Å²) in [5.41, 5.74) is 12.6. The van der Waals surface area contributed by atoms with E-state index in [-0.39, 0.29) is 5.41 Å². The molecule has 2 heteroatoms. The summed E-state index contributed by atoms with van der Waals surface area (Å²) in [5, 5.41) is 7.01. The maximum Gasteiger partial charge on any atom is 0.159 e. The summed E-state index contributed by atoms with van der Waals surface area (Å²) in [6.45, 7) is 4.69. The SMILES string of the molecule is CC1(C)c2ccccc2-c2ccc(N(c3ccccc3-c3ccc4ccccc4c3)c3cccc4c3oc3c5ccccc5ccc43)cc21. The third kappa shape index (κ3) is 4.14. The van der Waals surface area contributed by atoms with Crippen LogP contribution in [0.15, 0.2) is 168 Å². The van der Waals surface area contributed by atoms with Crippen molar-refractivity contribution in [1.82, 2.24) is 0 Å². The molecule has 8 aromatic carbocycles. The number of hydrogen-bond donors (Lipinski definition) is 0. The molecule has 9 aromatic rings. The van der Waals surface area contributed by atoms with Crippen LogP contribution in [0.5, 0.6) is 0 Å². The van der Waals surface area contributed by atoms with Gasteiger partial charge < -0.3 is 9.32 Å². The zero-order chi connectivity index (χ0) is 32.7. The van der Waals surface area contributed by atoms with Crippen LogP contribution in [-0.4, -0.2) is 0 Å². The third-order valence-electron chi connectivity index (χ3n) is 10.6. The minimum absolute atomic E-state index is 0.129. The quantitative estimate of drug-likeness (QED) is 0.193. The van der Waals surface area contributed by atoms with Crippen molar-refractivity contribution in [2.24, 2.45) is 0 Å². The first-order chi connectivity index (χ1) is 24.1. The van der Waals surface area contributed by atoms with Crippen LogP contribution < -0.4 is 4.90 Å². The molecule has 0 radical (unpaired) electrons. The zero-order valence-corrected chi connectivity index (χ0v) is 27.4. The maximum atomic E-state index is 6.97. The van der Waals surface area contributed by atoms with E-state index in [1.165, 1.54) is 44.0 Å². The van der Waals surface area contributed by atoms with Crippen LogP contribution in [0.25, 0.3) is 65.7 Å². The number of fused-ring (bicyclic) bond motifs is 9. The molecule has 0 bridgehead atoms. The van der Waals surface area contributed by atoms with Gasteiger partial charge in [0.2, 0.25) is 0 Å². The van der Waals surface area contributed by atoms with Crippen molar-refractivity contribution in [3.05, 3.63) is 175 Å². The second-order valence-corrected chi connectivity index (χ2v) is 13.7. The van der Waals surface area contributed by atoms with Crippen molar-refractivity contribution in [3.8, 4) is 22.3 Å². The molecular formula is C47H33NO. The second-order valence-electron chi connectivity index (χ2n) is 13.7. The van der Waals surface area contributed by atoms with E-state index < -0.39 is 0 Å². The highest BCUT2D eigenvalue weighted by atomic mass is 16.3. The molecular weight excluding hydrogens is 595 g/mol. The standard InChI is InChI=1S/C47H33NO/c1-47(2)41-19-9-7-17-37(41)38-27-25-34(29-42(38)47)48(43-20-10-8-15-35(43)33-23-22-30-12-3-4-14-32(30)28-33)44-21-11-18-39-40-26-24-31-13-5-6-16-36(31)45(40)49-46(39)44/h3-29H,1-2H3. The first-order valence-corrected chi connectivity index (χ1v) is 17.0. The number of benzene rings is 8. The van der Waals surface area contributed by atoms with Crippen molar-refractivity contribution >= 4 is 60.5 Å². The van der Waals surface area contributed by atoms with Gasteiger partial charge >= 0.3 is 0 Å². The van der Waals surface area contributed by atoms with Gasteiger partial charge in [0, 0.05) is 32.8 Å². The van der Waals surface area contributed by atoms with Crippen LogP contribution in [0.1, 0.15) is 25.0 Å². The molecule has 0 atom stereocenters. The van der Waals surface area contributed by atoms with E-state index in [1.807, 2.05) is 0 Å². The lowest BCUT2D eigenvalue weighted by atomic mass is 9.82. The zero-order valence-electron chi connectivity index (χ0n) is 27.4. The summed E-state index contributed by atoms with van der Waals surface area (Å²) >= 11 is 0. The summed E-state index contributed by atoms with van der Waals surface area (Å²) in [7, 11) is 0. The summed E-state index contributed by atoms with van der Waals surface area (Å²) in [6.07, 6.45) is 0. The van der Waals surface area contributed by atoms with Crippen molar-refractivity contribution in [2.45, 2.75) is 19.3 Å². The molecule has 49 heavy (non-hydrogen) atoms. The van der Waals surface area contributed by atoms with E-state index in [9.17, 15) is 0 Å². The van der Waals surface area contributed by atoms with Crippen LogP contribution in [0.4, 0.5) is 17.1 Å². The molecule has 0 saturated heterocycles. The Labute approximate surface area is 285 Å². The van der Waals surface area contributed by atoms with E-state index in [4.69, 9.17) is 4.42 Å². The van der Waals surface area contributed by atoms with Gasteiger partial charge in [0.15, 0.2) is 5.58 Å². The van der Waals surface area contributed by atoms with Gasteiger partial charge in [-0.2, -0.15) is 0 Å². The van der Waals surface area contributed by atoms with Crippen molar-refractivity contribution in [2.75, 3.05) is 4.90 Å². The average molecular weight is 628 g/mol. The van der Waals surface area contributed by atoms with Gasteiger partial charge in [-0.3, -0.25) is 0 Å². The van der Waals surface area contributed by atoms with Crippen molar-refractivity contribution < 1.29 is 4.42 Å². The average Bonchev–Trinajstić information content (AvgIpc) is 3.65. The molecule has 1 aliphatic rings. The molecule has 0 unspecified atom stereocenters. The van der Waals surface area contributed by atoms with Crippen molar-refractivity contribution in [1.29, 1.82) is 0 Å². The number of para-hydroxylation sites is 2. The van der Waals surface area contributed by atoms with E-state index in [0.717, 1.165) is 50.0 Å². The molecule has 2 nitrogen and oxygen atoms in total. The first kappa shape index (κ1) is 27.9. The Balaban J connectivity index is 1.26. The number of anilines is 3. The molecule has 232 valence electrons. The van der Waals surface area contributed by atoms with E-state index >= 15 is 0 Å². The minimum Gasteiger partial charge on any atom is -0.453 e. The Kier molecular flexibility index (Phi) is 5.95. The Morgan fingerprint density at radius 2 is 1.08 bits per heavy atom. The predicted octanol–water partition coefficient (Wildman–Crippen LogP) is 13.3. The molecule has 0 N–H and O–H groups in total. The molecule has 0 aliphatic heterocycles. The van der Waals surface area contributed by atoms with E-state index in [2.05, 4.69) is 183 Å². The third-order valence-corrected chi connectivity index (χ3v) is 10.6. The lowest BCUT2D eigenvalue weighted by Gasteiger charge is -2.29. The summed E-state index contributed by atoms with van der Waals surface area (Å²) in [4.78, 5) is 2.41. The fraction of sp³-hybridized carbons (Fsp3) is 0.0638. The molecule has 10 rings (SSSR count). The van der Waals surface area contributed by atoms with Crippen LogP contribution >= 0.6 is 0 Å². The second kappa shape index (κ2) is 10.4. The highest BCUT2D eigenvalue weighted by Crippen LogP contribution is 2.52. The number of furan rings is 1. The largest absolute Gasteiger partial charge is 0.453 e. The van der Waals surface area contributed by atoms with Gasteiger partial charge in [0.25, 0.3) is 0 Å². The highest BCUT2D eigenvalue weighted by molar-refractivity contribution is 6.17. The Morgan fingerprint density at radius 1 is 0.429 bits per heavy atom. The minimum atomic E-state index is -0.129. The van der Waals surface area contributed by atoms with Gasteiger partial charge in [0.05, 0.1) is 11.4 Å². The van der Waals surface area contributed by atoms with Gasteiger partial charge in [-0.25, -0.2) is 0 Å². The molecule has 0 saturated carbocycles. The lowest BCUT2D eigenvalue weighted by molar-refractivity contribution is 0.660. The fourth-order valence-corrected chi connectivity index (χ4v) is 8.20. The van der Waals surface area contributed by atoms with Crippen LogP contribution in [0.3, 0.4) is 0 Å². The van der Waals surface area contributed by atoms with Gasteiger partial charge in [-0.15, -0.1) is 0 Å². The maximum absolute atomic E-state index is 6.97. The summed E-state index contributed by atoms with van der Waals surface area (Å²) < 4.78 is 6.97. The molecule has 1 aliphatic carbocycles. The molecule has 1 aromatic heterocycles. The smallest absolute Gasteiger partial charge is 0.159 e. The van der Waals surface area contributed by atoms with Gasteiger partial charge in [-0.05, 0) is 80.4 Å². The molecule has 0 fully saturated rings. The molecule has 0 amide bonds. The number of nitrogens with zero attached hydrogens (tertiary/aromatic N) is 1. The van der Waals surface area contributed by atoms with Crippen molar-refractivity contribution in [3.63, 3.8) is 0 Å². The topological polar surface area (TPSA) is 16.4 Å². The van der Waals surface area contributed by atoms with Crippen LogP contribution in [0.2, 0.25) is 0 Å². The van der Waals surface area contributed by atoms with Crippen LogP contribution in [0, 0.1) is 0 Å².